The number of carbonyl (C=O) groups is 1. The number of hydrogen-bond acceptors (Lipinski definition) is 3. The van der Waals surface area contributed by atoms with Crippen molar-refractivity contribution in [3.8, 4) is 0 Å². The van der Waals surface area contributed by atoms with Crippen LogP contribution in [0.3, 0.4) is 0 Å². The first kappa shape index (κ1) is 13.3. The SMILES string of the molecule is CCOC(=O)C(C)Nc1ccc(Cl)cc1Br. The standard InChI is InChI=1S/C11H13BrClNO2/c1-3-16-11(15)7(2)14-10-5-4-8(13)6-9(10)12/h4-7,14H,3H2,1-2H3. The molecule has 3 nitrogen and oxygen atoms in total. The molecule has 0 radical (unpaired) electrons. The van der Waals surface area contributed by atoms with Crippen LogP contribution in [0, 0.1) is 0 Å². The molecule has 16 heavy (non-hydrogen) atoms. The molecule has 0 heterocycles. The predicted octanol–water partition coefficient (Wildman–Crippen LogP) is 3.47. The van der Waals surface area contributed by atoms with Crippen molar-refractivity contribution in [2.75, 3.05) is 11.9 Å². The van der Waals surface area contributed by atoms with Crippen LogP contribution in [0.2, 0.25) is 5.02 Å². The highest BCUT2D eigenvalue weighted by Crippen LogP contribution is 2.26. The number of ether oxygens (including phenoxy) is 1. The topological polar surface area (TPSA) is 38.3 Å². The number of anilines is 1. The zero-order chi connectivity index (χ0) is 12.1. The monoisotopic (exact) mass is 305 g/mol. The van der Waals surface area contributed by atoms with E-state index in [-0.39, 0.29) is 5.97 Å². The van der Waals surface area contributed by atoms with E-state index < -0.39 is 6.04 Å². The molecule has 1 unspecified atom stereocenters. The maximum atomic E-state index is 11.4. The molecular formula is C11H13BrClNO2. The minimum atomic E-state index is -0.391. The van der Waals surface area contributed by atoms with E-state index >= 15 is 0 Å². The Kier molecular flexibility index (Phi) is 5.09. The number of carbonyl (C=O) groups excluding carboxylic acids is 1. The Bertz CT molecular complexity index is 384. The fourth-order valence-corrected chi connectivity index (χ4v) is 1.96. The molecule has 0 amide bonds. The van der Waals surface area contributed by atoms with Crippen LogP contribution in [0.1, 0.15) is 13.8 Å². The van der Waals surface area contributed by atoms with Crippen molar-refractivity contribution in [3.63, 3.8) is 0 Å². The summed E-state index contributed by atoms with van der Waals surface area (Å²) in [5.41, 5.74) is 0.810. The molecular weight excluding hydrogens is 293 g/mol. The predicted molar refractivity (Wildman–Crippen MR) is 68.9 cm³/mol. The Morgan fingerprint density at radius 2 is 2.31 bits per heavy atom. The molecule has 1 rings (SSSR count). The lowest BCUT2D eigenvalue weighted by molar-refractivity contribution is -0.143. The fraction of sp³-hybridized carbons (Fsp3) is 0.364. The average Bonchev–Trinajstić information content (AvgIpc) is 2.22. The van der Waals surface area contributed by atoms with Gasteiger partial charge >= 0.3 is 5.97 Å². The second kappa shape index (κ2) is 6.11. The van der Waals surface area contributed by atoms with E-state index in [1.54, 1.807) is 26.0 Å². The minimum absolute atomic E-state index is 0.274. The van der Waals surface area contributed by atoms with Gasteiger partial charge in [0.1, 0.15) is 6.04 Å². The maximum absolute atomic E-state index is 11.4. The van der Waals surface area contributed by atoms with Gasteiger partial charge in [0.05, 0.1) is 6.61 Å². The molecule has 0 saturated heterocycles. The lowest BCUT2D eigenvalue weighted by atomic mass is 10.2. The van der Waals surface area contributed by atoms with Gasteiger partial charge in [0, 0.05) is 15.2 Å². The van der Waals surface area contributed by atoms with Gasteiger partial charge in [-0.25, -0.2) is 4.79 Å². The second-order valence-corrected chi connectivity index (χ2v) is 4.53. The van der Waals surface area contributed by atoms with Crippen LogP contribution in [-0.4, -0.2) is 18.6 Å². The molecule has 5 heteroatoms. The van der Waals surface area contributed by atoms with E-state index in [0.29, 0.717) is 11.6 Å². The van der Waals surface area contributed by atoms with Crippen LogP contribution in [0.15, 0.2) is 22.7 Å². The molecule has 0 aliphatic rings. The van der Waals surface area contributed by atoms with E-state index in [1.807, 2.05) is 6.07 Å². The van der Waals surface area contributed by atoms with Crippen LogP contribution < -0.4 is 5.32 Å². The quantitative estimate of drug-likeness (QED) is 0.866. The lowest BCUT2D eigenvalue weighted by Crippen LogP contribution is -2.28. The summed E-state index contributed by atoms with van der Waals surface area (Å²) in [4.78, 5) is 11.4. The summed E-state index contributed by atoms with van der Waals surface area (Å²) >= 11 is 9.18. The summed E-state index contributed by atoms with van der Waals surface area (Å²) in [6, 6.07) is 4.94. The highest BCUT2D eigenvalue weighted by Gasteiger charge is 2.14. The second-order valence-electron chi connectivity index (χ2n) is 3.24. The van der Waals surface area contributed by atoms with E-state index in [1.165, 1.54) is 0 Å². The van der Waals surface area contributed by atoms with Gasteiger partial charge in [0.2, 0.25) is 0 Å². The lowest BCUT2D eigenvalue weighted by Gasteiger charge is -2.15. The molecule has 0 aromatic heterocycles. The Morgan fingerprint density at radius 1 is 1.62 bits per heavy atom. The van der Waals surface area contributed by atoms with Gasteiger partial charge in [0.15, 0.2) is 0 Å². The Balaban J connectivity index is 2.69. The molecule has 1 aromatic carbocycles. The Morgan fingerprint density at radius 3 is 2.88 bits per heavy atom. The smallest absolute Gasteiger partial charge is 0.328 e. The Labute approximate surface area is 108 Å². The van der Waals surface area contributed by atoms with Crippen molar-refractivity contribution < 1.29 is 9.53 Å². The average molecular weight is 307 g/mol. The van der Waals surface area contributed by atoms with Gasteiger partial charge in [-0.15, -0.1) is 0 Å². The summed E-state index contributed by atoms with van der Waals surface area (Å²) in [7, 11) is 0. The van der Waals surface area contributed by atoms with E-state index in [9.17, 15) is 4.79 Å². The third-order valence-corrected chi connectivity index (χ3v) is 2.83. The molecule has 0 bridgehead atoms. The van der Waals surface area contributed by atoms with Crippen molar-refractivity contribution in [2.24, 2.45) is 0 Å². The highest BCUT2D eigenvalue weighted by molar-refractivity contribution is 9.10. The number of esters is 1. The number of hydrogen-bond donors (Lipinski definition) is 1. The van der Waals surface area contributed by atoms with E-state index in [4.69, 9.17) is 16.3 Å². The van der Waals surface area contributed by atoms with Gasteiger partial charge in [-0.2, -0.15) is 0 Å². The normalized spacial score (nSPS) is 12.0. The van der Waals surface area contributed by atoms with Crippen LogP contribution >= 0.6 is 27.5 Å². The molecule has 1 N–H and O–H groups in total. The van der Waals surface area contributed by atoms with Crippen LogP contribution in [0.25, 0.3) is 0 Å². The van der Waals surface area contributed by atoms with Crippen molar-refractivity contribution in [1.29, 1.82) is 0 Å². The highest BCUT2D eigenvalue weighted by atomic mass is 79.9. The zero-order valence-corrected chi connectivity index (χ0v) is 11.4. The number of nitrogens with one attached hydrogen (secondary N) is 1. The van der Waals surface area contributed by atoms with Crippen molar-refractivity contribution in [3.05, 3.63) is 27.7 Å². The van der Waals surface area contributed by atoms with E-state index in [2.05, 4.69) is 21.2 Å². The van der Waals surface area contributed by atoms with Crippen molar-refractivity contribution in [1.82, 2.24) is 0 Å². The summed E-state index contributed by atoms with van der Waals surface area (Å²) in [5, 5.41) is 3.68. The molecule has 0 fully saturated rings. The number of rotatable bonds is 4. The van der Waals surface area contributed by atoms with Gasteiger partial charge in [-0.3, -0.25) is 0 Å². The van der Waals surface area contributed by atoms with Gasteiger partial charge in [0.25, 0.3) is 0 Å². The van der Waals surface area contributed by atoms with Crippen molar-refractivity contribution >= 4 is 39.2 Å². The zero-order valence-electron chi connectivity index (χ0n) is 9.09. The summed E-state index contributed by atoms with van der Waals surface area (Å²) < 4.78 is 5.71. The summed E-state index contributed by atoms with van der Waals surface area (Å²) in [6.07, 6.45) is 0. The van der Waals surface area contributed by atoms with Crippen molar-refractivity contribution in [2.45, 2.75) is 19.9 Å². The first-order chi connectivity index (χ1) is 7.54. The first-order valence-corrected chi connectivity index (χ1v) is 6.10. The van der Waals surface area contributed by atoms with Crippen LogP contribution in [0.4, 0.5) is 5.69 Å². The molecule has 1 atom stereocenters. The van der Waals surface area contributed by atoms with E-state index in [0.717, 1.165) is 10.2 Å². The van der Waals surface area contributed by atoms with Crippen LogP contribution in [0.5, 0.6) is 0 Å². The Hall–Kier alpha value is -0.740. The molecule has 0 spiro atoms. The number of benzene rings is 1. The molecule has 0 aliphatic carbocycles. The maximum Gasteiger partial charge on any atom is 0.328 e. The third kappa shape index (κ3) is 3.68. The number of halogens is 2. The molecule has 0 saturated carbocycles. The third-order valence-electron chi connectivity index (χ3n) is 1.94. The largest absolute Gasteiger partial charge is 0.464 e. The van der Waals surface area contributed by atoms with Gasteiger partial charge < -0.3 is 10.1 Å². The first-order valence-electron chi connectivity index (χ1n) is 4.92. The summed E-state index contributed by atoms with van der Waals surface area (Å²) in [5.74, 6) is -0.274. The molecule has 0 aliphatic heterocycles. The van der Waals surface area contributed by atoms with Crippen LogP contribution in [-0.2, 0) is 9.53 Å². The minimum Gasteiger partial charge on any atom is -0.464 e. The van der Waals surface area contributed by atoms with Gasteiger partial charge in [-0.05, 0) is 48.0 Å². The molecule has 88 valence electrons. The summed E-state index contributed by atoms with van der Waals surface area (Å²) in [6.45, 7) is 3.91. The fourth-order valence-electron chi connectivity index (χ4n) is 1.17. The molecule has 1 aromatic rings. The van der Waals surface area contributed by atoms with Gasteiger partial charge in [-0.1, -0.05) is 11.6 Å².